The lowest BCUT2D eigenvalue weighted by atomic mass is 10.1. The fourth-order valence-electron chi connectivity index (χ4n) is 2.56. The molecule has 120 valence electrons. The van der Waals surface area contributed by atoms with E-state index in [2.05, 4.69) is 20.9 Å². The molecule has 0 saturated carbocycles. The summed E-state index contributed by atoms with van der Waals surface area (Å²) >= 11 is 0. The topological polar surface area (TPSA) is 103 Å². The van der Waals surface area contributed by atoms with E-state index in [0.717, 1.165) is 24.1 Å². The third kappa shape index (κ3) is 4.09. The molecule has 2 heterocycles. The molecule has 7 heteroatoms. The van der Waals surface area contributed by atoms with Gasteiger partial charge in [0.05, 0.1) is 6.54 Å². The standard InChI is InChI=1S/C15H22N4O3/c1-9-7-10(2)18-13(20)11(9)8-17-15(22)19-12-5-3-4-6-16-14(12)21/h7,12H,3-6,8H2,1-2H3,(H,16,21)(H,18,20)(H2,17,19,22)/t12-/m0/s1. The Kier molecular flexibility index (Phi) is 5.19. The Balaban J connectivity index is 1.93. The summed E-state index contributed by atoms with van der Waals surface area (Å²) in [5.74, 6) is -0.156. The lowest BCUT2D eigenvalue weighted by molar-refractivity contribution is -0.122. The van der Waals surface area contributed by atoms with Gasteiger partial charge in [0.2, 0.25) is 5.91 Å². The van der Waals surface area contributed by atoms with Gasteiger partial charge >= 0.3 is 6.03 Å². The molecule has 3 amide bonds. The zero-order valence-corrected chi connectivity index (χ0v) is 12.9. The summed E-state index contributed by atoms with van der Waals surface area (Å²) in [6, 6.07) is 0.899. The lowest BCUT2D eigenvalue weighted by Gasteiger charge is -2.16. The minimum absolute atomic E-state index is 0.127. The van der Waals surface area contributed by atoms with Gasteiger partial charge in [0, 0.05) is 17.8 Å². The van der Waals surface area contributed by atoms with Crippen LogP contribution in [0.2, 0.25) is 0 Å². The van der Waals surface area contributed by atoms with Crippen LogP contribution in [0.5, 0.6) is 0 Å². The van der Waals surface area contributed by atoms with Crippen LogP contribution < -0.4 is 21.5 Å². The van der Waals surface area contributed by atoms with Gasteiger partial charge in [0.15, 0.2) is 0 Å². The second-order valence-corrected chi connectivity index (χ2v) is 5.61. The molecule has 4 N–H and O–H groups in total. The number of carbonyl (C=O) groups is 2. The molecule has 1 aliphatic rings. The Bertz CT molecular complexity index is 624. The van der Waals surface area contributed by atoms with Crippen LogP contribution in [-0.2, 0) is 11.3 Å². The first-order valence-corrected chi connectivity index (χ1v) is 7.49. The number of urea groups is 1. The van der Waals surface area contributed by atoms with Crippen LogP contribution in [0.4, 0.5) is 4.79 Å². The third-order valence-electron chi connectivity index (χ3n) is 3.76. The van der Waals surface area contributed by atoms with E-state index in [-0.39, 0.29) is 18.0 Å². The Morgan fingerprint density at radius 3 is 2.82 bits per heavy atom. The molecule has 1 fully saturated rings. The van der Waals surface area contributed by atoms with Crippen LogP contribution >= 0.6 is 0 Å². The molecule has 1 aliphatic heterocycles. The molecular weight excluding hydrogens is 284 g/mol. The highest BCUT2D eigenvalue weighted by Gasteiger charge is 2.22. The van der Waals surface area contributed by atoms with E-state index < -0.39 is 12.1 Å². The summed E-state index contributed by atoms with van der Waals surface area (Å²) in [7, 11) is 0. The normalized spacial score (nSPS) is 18.3. The minimum atomic E-state index is -0.514. The second-order valence-electron chi connectivity index (χ2n) is 5.61. The van der Waals surface area contributed by atoms with Gasteiger partial charge in [0.25, 0.3) is 5.56 Å². The molecule has 1 aromatic rings. The van der Waals surface area contributed by atoms with Crippen molar-refractivity contribution in [3.63, 3.8) is 0 Å². The Hall–Kier alpha value is -2.31. The highest BCUT2D eigenvalue weighted by atomic mass is 16.2. The van der Waals surface area contributed by atoms with Gasteiger partial charge < -0.3 is 20.9 Å². The van der Waals surface area contributed by atoms with Gasteiger partial charge in [-0.25, -0.2) is 4.79 Å². The zero-order valence-electron chi connectivity index (χ0n) is 12.9. The number of aromatic amines is 1. The van der Waals surface area contributed by atoms with E-state index in [1.165, 1.54) is 0 Å². The van der Waals surface area contributed by atoms with E-state index in [0.29, 0.717) is 18.5 Å². The molecule has 0 spiro atoms. The number of nitrogens with one attached hydrogen (secondary N) is 4. The van der Waals surface area contributed by atoms with Crippen LogP contribution in [0.3, 0.4) is 0 Å². The first kappa shape index (κ1) is 16.1. The van der Waals surface area contributed by atoms with E-state index in [9.17, 15) is 14.4 Å². The summed E-state index contributed by atoms with van der Waals surface area (Å²) in [5.41, 5.74) is 1.93. The average Bonchev–Trinajstić information content (AvgIpc) is 2.63. The van der Waals surface area contributed by atoms with Crippen LogP contribution in [0.25, 0.3) is 0 Å². The molecule has 1 atom stereocenters. The smallest absolute Gasteiger partial charge is 0.315 e. The Morgan fingerprint density at radius 2 is 2.09 bits per heavy atom. The first-order chi connectivity index (χ1) is 10.5. The predicted molar refractivity (Wildman–Crippen MR) is 82.6 cm³/mol. The Labute approximate surface area is 128 Å². The molecule has 0 unspecified atom stereocenters. The van der Waals surface area contributed by atoms with Crippen molar-refractivity contribution in [2.75, 3.05) is 6.54 Å². The number of aryl methyl sites for hydroxylation is 2. The van der Waals surface area contributed by atoms with Crippen LogP contribution in [0.1, 0.15) is 36.1 Å². The molecule has 2 rings (SSSR count). The fraction of sp³-hybridized carbons (Fsp3) is 0.533. The summed E-state index contributed by atoms with van der Waals surface area (Å²) in [5, 5.41) is 8.05. The summed E-state index contributed by atoms with van der Waals surface area (Å²) in [4.78, 5) is 38.3. The predicted octanol–water partition coefficient (Wildman–Crippen LogP) is 0.460. The highest BCUT2D eigenvalue weighted by Crippen LogP contribution is 2.06. The maximum Gasteiger partial charge on any atom is 0.315 e. The fourth-order valence-corrected chi connectivity index (χ4v) is 2.56. The molecule has 22 heavy (non-hydrogen) atoms. The maximum atomic E-state index is 11.9. The molecule has 1 aromatic heterocycles. The summed E-state index contributed by atoms with van der Waals surface area (Å²) in [6.45, 7) is 4.41. The van der Waals surface area contributed by atoms with E-state index in [1.54, 1.807) is 0 Å². The second kappa shape index (κ2) is 7.11. The van der Waals surface area contributed by atoms with E-state index >= 15 is 0 Å². The molecule has 7 nitrogen and oxygen atoms in total. The van der Waals surface area contributed by atoms with Crippen molar-refractivity contribution in [3.8, 4) is 0 Å². The summed E-state index contributed by atoms with van der Waals surface area (Å²) < 4.78 is 0. The van der Waals surface area contributed by atoms with Crippen molar-refractivity contribution in [1.82, 2.24) is 20.9 Å². The number of rotatable bonds is 3. The minimum Gasteiger partial charge on any atom is -0.354 e. The number of pyridine rings is 1. The van der Waals surface area contributed by atoms with Crippen molar-refractivity contribution < 1.29 is 9.59 Å². The first-order valence-electron chi connectivity index (χ1n) is 7.49. The third-order valence-corrected chi connectivity index (χ3v) is 3.76. The van der Waals surface area contributed by atoms with Gasteiger partial charge in [0.1, 0.15) is 6.04 Å². The number of hydrogen-bond acceptors (Lipinski definition) is 3. The van der Waals surface area contributed by atoms with Crippen molar-refractivity contribution in [1.29, 1.82) is 0 Å². The van der Waals surface area contributed by atoms with Crippen LogP contribution in [-0.4, -0.2) is 29.5 Å². The van der Waals surface area contributed by atoms with Gasteiger partial charge in [-0.2, -0.15) is 0 Å². The van der Waals surface area contributed by atoms with Crippen molar-refractivity contribution in [2.45, 2.75) is 45.7 Å². The highest BCUT2D eigenvalue weighted by molar-refractivity contribution is 5.87. The van der Waals surface area contributed by atoms with Gasteiger partial charge in [-0.05, 0) is 44.7 Å². The monoisotopic (exact) mass is 306 g/mol. The number of amides is 3. The van der Waals surface area contributed by atoms with E-state index in [1.807, 2.05) is 19.9 Å². The quantitative estimate of drug-likeness (QED) is 0.652. The van der Waals surface area contributed by atoms with Crippen molar-refractivity contribution in [3.05, 3.63) is 33.2 Å². The molecule has 1 saturated heterocycles. The van der Waals surface area contributed by atoms with Crippen LogP contribution in [0.15, 0.2) is 10.9 Å². The van der Waals surface area contributed by atoms with Crippen LogP contribution in [0, 0.1) is 13.8 Å². The summed E-state index contributed by atoms with van der Waals surface area (Å²) in [6.07, 6.45) is 2.44. The zero-order chi connectivity index (χ0) is 16.1. The lowest BCUT2D eigenvalue weighted by Crippen LogP contribution is -2.49. The van der Waals surface area contributed by atoms with Gasteiger partial charge in [-0.1, -0.05) is 0 Å². The molecular formula is C15H22N4O3. The van der Waals surface area contributed by atoms with E-state index in [4.69, 9.17) is 0 Å². The number of hydrogen-bond donors (Lipinski definition) is 4. The van der Waals surface area contributed by atoms with Crippen molar-refractivity contribution in [2.24, 2.45) is 0 Å². The van der Waals surface area contributed by atoms with Crippen molar-refractivity contribution >= 4 is 11.9 Å². The Morgan fingerprint density at radius 1 is 1.32 bits per heavy atom. The number of aromatic nitrogens is 1. The molecule has 0 bridgehead atoms. The average molecular weight is 306 g/mol. The number of H-pyrrole nitrogens is 1. The van der Waals surface area contributed by atoms with Gasteiger partial charge in [-0.3, -0.25) is 9.59 Å². The molecule has 0 radical (unpaired) electrons. The molecule has 0 aromatic carbocycles. The SMILES string of the molecule is Cc1cc(C)c(CNC(=O)N[C@H]2CCCCNC2=O)c(=O)[nH]1. The maximum absolute atomic E-state index is 11.9. The largest absolute Gasteiger partial charge is 0.354 e. The van der Waals surface area contributed by atoms with Gasteiger partial charge in [-0.15, -0.1) is 0 Å². The molecule has 0 aliphatic carbocycles. The number of carbonyl (C=O) groups excluding carboxylic acids is 2.